The Balaban J connectivity index is 2.32. The second-order valence-electron chi connectivity index (χ2n) is 4.47. The number of halogens is 2. The Morgan fingerprint density at radius 2 is 2.14 bits per heavy atom. The highest BCUT2D eigenvalue weighted by molar-refractivity contribution is 9.10. The van der Waals surface area contributed by atoms with Gasteiger partial charge in [-0.2, -0.15) is 5.26 Å². The van der Waals surface area contributed by atoms with Crippen molar-refractivity contribution >= 4 is 27.6 Å². The van der Waals surface area contributed by atoms with Crippen LogP contribution in [0.4, 0.5) is 4.39 Å². The molecule has 2 rings (SSSR count). The maximum absolute atomic E-state index is 13.3. The molecule has 0 unspecified atom stereocenters. The summed E-state index contributed by atoms with van der Waals surface area (Å²) in [6.07, 6.45) is 3.37. The molecule has 0 heterocycles. The summed E-state index contributed by atoms with van der Waals surface area (Å²) in [4.78, 5) is 0. The Morgan fingerprint density at radius 3 is 2.77 bits per heavy atom. The summed E-state index contributed by atoms with van der Waals surface area (Å²) < 4.78 is 19.5. The summed E-state index contributed by atoms with van der Waals surface area (Å²) >= 11 is 3.43. The van der Waals surface area contributed by atoms with Crippen LogP contribution in [0.2, 0.25) is 0 Å². The molecule has 0 aliphatic rings. The van der Waals surface area contributed by atoms with Gasteiger partial charge in [-0.15, -0.1) is 0 Å². The smallest absolute Gasteiger partial charge is 0.133 e. The molecule has 0 radical (unpaired) electrons. The topological polar surface area (TPSA) is 33.0 Å². The predicted molar refractivity (Wildman–Crippen MR) is 89.7 cm³/mol. The Bertz CT molecular complexity index is 762. The van der Waals surface area contributed by atoms with E-state index in [1.54, 1.807) is 30.4 Å². The van der Waals surface area contributed by atoms with Crippen LogP contribution in [0.1, 0.15) is 11.1 Å². The van der Waals surface area contributed by atoms with Crippen molar-refractivity contribution in [1.82, 2.24) is 0 Å². The number of allylic oxidation sites excluding steroid dienone is 1. The van der Waals surface area contributed by atoms with Gasteiger partial charge in [0.05, 0.1) is 16.1 Å². The van der Waals surface area contributed by atoms with Crippen LogP contribution >= 0.6 is 15.9 Å². The summed E-state index contributed by atoms with van der Waals surface area (Å²) in [6, 6.07) is 13.5. The van der Waals surface area contributed by atoms with Crippen molar-refractivity contribution in [1.29, 1.82) is 5.26 Å². The van der Waals surface area contributed by atoms with Gasteiger partial charge in [-0.1, -0.05) is 30.9 Å². The zero-order chi connectivity index (χ0) is 15.9. The largest absolute Gasteiger partial charge is 0.488 e. The first-order valence-corrected chi connectivity index (χ1v) is 7.34. The molecule has 0 saturated heterocycles. The molecule has 4 heteroatoms. The van der Waals surface area contributed by atoms with Crippen molar-refractivity contribution in [3.05, 3.63) is 76.5 Å². The Morgan fingerprint density at radius 1 is 1.32 bits per heavy atom. The van der Waals surface area contributed by atoms with Gasteiger partial charge < -0.3 is 4.74 Å². The maximum atomic E-state index is 13.3. The van der Waals surface area contributed by atoms with Gasteiger partial charge in [0.1, 0.15) is 18.2 Å². The number of ether oxygens (including phenoxy) is 1. The molecule has 0 amide bonds. The minimum absolute atomic E-state index is 0.368. The fourth-order valence-electron chi connectivity index (χ4n) is 1.88. The van der Waals surface area contributed by atoms with Gasteiger partial charge in [-0.25, -0.2) is 4.39 Å². The molecular formula is C18H13BrFNO. The highest BCUT2D eigenvalue weighted by atomic mass is 79.9. The lowest BCUT2D eigenvalue weighted by Gasteiger charge is -2.07. The zero-order valence-electron chi connectivity index (χ0n) is 11.7. The Labute approximate surface area is 137 Å². The predicted octanol–water partition coefficient (Wildman–Crippen LogP) is 5.22. The van der Waals surface area contributed by atoms with Crippen LogP contribution in [0.3, 0.4) is 0 Å². The number of nitriles is 1. The van der Waals surface area contributed by atoms with Gasteiger partial charge >= 0.3 is 0 Å². The SMILES string of the molecule is C=CCOc1ccc(/C=C(\C#N)c2cccc(F)c2)cc1Br. The molecule has 2 nitrogen and oxygen atoms in total. The van der Waals surface area contributed by atoms with Crippen molar-refractivity contribution in [3.63, 3.8) is 0 Å². The molecule has 110 valence electrons. The number of nitrogens with zero attached hydrogens (tertiary/aromatic N) is 1. The third-order valence-corrected chi connectivity index (χ3v) is 3.50. The van der Waals surface area contributed by atoms with Crippen molar-refractivity contribution in [2.75, 3.05) is 6.61 Å². The fraction of sp³-hybridized carbons (Fsp3) is 0.0556. The van der Waals surface area contributed by atoms with E-state index in [9.17, 15) is 9.65 Å². The van der Waals surface area contributed by atoms with E-state index in [4.69, 9.17) is 4.74 Å². The first-order valence-electron chi connectivity index (χ1n) is 6.55. The van der Waals surface area contributed by atoms with Crippen LogP contribution in [0, 0.1) is 17.1 Å². The van der Waals surface area contributed by atoms with Crippen LogP contribution < -0.4 is 4.74 Å². The van der Waals surface area contributed by atoms with E-state index in [0.717, 1.165) is 10.0 Å². The van der Waals surface area contributed by atoms with E-state index in [1.807, 2.05) is 12.1 Å². The van der Waals surface area contributed by atoms with E-state index < -0.39 is 0 Å². The van der Waals surface area contributed by atoms with E-state index in [2.05, 4.69) is 28.6 Å². The first-order chi connectivity index (χ1) is 10.6. The van der Waals surface area contributed by atoms with E-state index >= 15 is 0 Å². The van der Waals surface area contributed by atoms with Gasteiger partial charge in [-0.3, -0.25) is 0 Å². The van der Waals surface area contributed by atoms with Crippen LogP contribution in [-0.2, 0) is 0 Å². The average Bonchev–Trinajstić information content (AvgIpc) is 2.51. The van der Waals surface area contributed by atoms with Gasteiger partial charge in [0, 0.05) is 0 Å². The molecule has 0 fully saturated rings. The van der Waals surface area contributed by atoms with Gasteiger partial charge in [0.15, 0.2) is 0 Å². The normalized spacial score (nSPS) is 10.9. The summed E-state index contributed by atoms with van der Waals surface area (Å²) in [6.45, 7) is 4.01. The first kappa shape index (κ1) is 16.0. The van der Waals surface area contributed by atoms with Crippen molar-refractivity contribution in [2.45, 2.75) is 0 Å². The standard InChI is InChI=1S/C18H13BrFNO/c1-2-8-22-18-7-6-13(10-17(18)19)9-15(12-21)14-4-3-5-16(20)11-14/h2-7,9-11H,1,8H2/b15-9+. The molecule has 0 aliphatic heterocycles. The molecule has 0 saturated carbocycles. The number of hydrogen-bond donors (Lipinski definition) is 0. The lowest BCUT2D eigenvalue weighted by molar-refractivity contribution is 0.361. The van der Waals surface area contributed by atoms with Gasteiger partial charge in [0.2, 0.25) is 0 Å². The molecule has 0 spiro atoms. The van der Waals surface area contributed by atoms with Crippen molar-refractivity contribution in [3.8, 4) is 11.8 Å². The van der Waals surface area contributed by atoms with E-state index in [0.29, 0.717) is 23.5 Å². The third kappa shape index (κ3) is 4.06. The van der Waals surface area contributed by atoms with Crippen LogP contribution in [0.15, 0.2) is 59.6 Å². The number of hydrogen-bond acceptors (Lipinski definition) is 2. The van der Waals surface area contributed by atoms with Gasteiger partial charge in [-0.05, 0) is 57.4 Å². The zero-order valence-corrected chi connectivity index (χ0v) is 13.3. The third-order valence-electron chi connectivity index (χ3n) is 2.88. The molecule has 2 aromatic rings. The monoisotopic (exact) mass is 357 g/mol. The average molecular weight is 358 g/mol. The van der Waals surface area contributed by atoms with Crippen molar-refractivity contribution in [2.24, 2.45) is 0 Å². The van der Waals surface area contributed by atoms with Crippen LogP contribution in [-0.4, -0.2) is 6.61 Å². The Hall–Kier alpha value is -2.38. The maximum Gasteiger partial charge on any atom is 0.133 e. The minimum atomic E-state index is -0.368. The highest BCUT2D eigenvalue weighted by Gasteiger charge is 2.05. The number of rotatable bonds is 5. The summed E-state index contributed by atoms with van der Waals surface area (Å²) in [7, 11) is 0. The van der Waals surface area contributed by atoms with Crippen LogP contribution in [0.5, 0.6) is 5.75 Å². The lowest BCUT2D eigenvalue weighted by Crippen LogP contribution is -1.93. The van der Waals surface area contributed by atoms with E-state index in [1.165, 1.54) is 12.1 Å². The second kappa shape index (κ2) is 7.58. The molecule has 0 aromatic heterocycles. The fourth-order valence-corrected chi connectivity index (χ4v) is 2.39. The summed E-state index contributed by atoms with van der Waals surface area (Å²) in [5, 5.41) is 9.28. The highest BCUT2D eigenvalue weighted by Crippen LogP contribution is 2.28. The van der Waals surface area contributed by atoms with Crippen molar-refractivity contribution < 1.29 is 9.13 Å². The molecule has 0 bridgehead atoms. The van der Waals surface area contributed by atoms with Crippen LogP contribution in [0.25, 0.3) is 11.6 Å². The molecule has 0 aliphatic carbocycles. The molecule has 22 heavy (non-hydrogen) atoms. The quantitative estimate of drug-likeness (QED) is 0.417. The summed E-state index contributed by atoms with van der Waals surface area (Å²) in [5.41, 5.74) is 1.76. The lowest BCUT2D eigenvalue weighted by atomic mass is 10.0. The minimum Gasteiger partial charge on any atom is -0.488 e. The molecular weight excluding hydrogens is 345 g/mol. The molecule has 2 aromatic carbocycles. The molecule has 0 atom stereocenters. The molecule has 0 N–H and O–H groups in total. The summed E-state index contributed by atoms with van der Waals surface area (Å²) in [5.74, 6) is 0.328. The Kier molecular flexibility index (Phi) is 5.51. The second-order valence-corrected chi connectivity index (χ2v) is 5.32. The van der Waals surface area contributed by atoms with E-state index in [-0.39, 0.29) is 5.82 Å². The number of benzene rings is 2. The van der Waals surface area contributed by atoms with Gasteiger partial charge in [0.25, 0.3) is 0 Å².